The SMILES string of the molecule is COc1ccc(CN2CCC(NC(=O)CCC(=O)Nc3ccc4nc(N5CCN(C)CC5)cc(C)c4c3)CC2)cc1. The van der Waals surface area contributed by atoms with Crippen LogP contribution in [-0.4, -0.2) is 86.1 Å². The standard InChI is InChI=1S/C32H42N6O3/c1-23-20-30(38-18-16-36(2)17-19-38)35-29-9-6-26(21-28(23)29)34-32(40)11-10-31(39)33-25-12-14-37(15-13-25)22-24-4-7-27(41-3)8-5-24/h4-9,20-21,25H,10-19,22H2,1-3H3,(H,33,39)(H,34,40). The Kier molecular flexibility index (Phi) is 9.36. The van der Waals surface area contributed by atoms with Crippen molar-refractivity contribution in [3.63, 3.8) is 0 Å². The Labute approximate surface area is 242 Å². The van der Waals surface area contributed by atoms with Gasteiger partial charge in [-0.25, -0.2) is 4.98 Å². The molecule has 3 heterocycles. The smallest absolute Gasteiger partial charge is 0.224 e. The van der Waals surface area contributed by atoms with Crippen molar-refractivity contribution in [2.45, 2.75) is 45.2 Å². The summed E-state index contributed by atoms with van der Waals surface area (Å²) in [4.78, 5) is 37.2. The Morgan fingerprint density at radius 2 is 1.63 bits per heavy atom. The molecule has 9 heteroatoms. The lowest BCUT2D eigenvalue weighted by molar-refractivity contribution is -0.125. The van der Waals surface area contributed by atoms with Crippen LogP contribution in [0.2, 0.25) is 0 Å². The third kappa shape index (κ3) is 7.74. The number of hydrogen-bond donors (Lipinski definition) is 2. The number of carbonyl (C=O) groups is 2. The molecule has 41 heavy (non-hydrogen) atoms. The lowest BCUT2D eigenvalue weighted by Crippen LogP contribution is -2.44. The van der Waals surface area contributed by atoms with Gasteiger partial charge in [-0.3, -0.25) is 14.5 Å². The van der Waals surface area contributed by atoms with Gasteiger partial charge in [-0.1, -0.05) is 12.1 Å². The average molecular weight is 559 g/mol. The van der Waals surface area contributed by atoms with Crippen molar-refractivity contribution < 1.29 is 14.3 Å². The molecular formula is C32H42N6O3. The second kappa shape index (κ2) is 13.3. The average Bonchev–Trinajstić information content (AvgIpc) is 2.98. The first kappa shape index (κ1) is 28.8. The maximum atomic E-state index is 12.6. The molecule has 2 fully saturated rings. The topological polar surface area (TPSA) is 90.0 Å². The molecule has 0 saturated carbocycles. The molecule has 2 aliphatic heterocycles. The van der Waals surface area contributed by atoms with Crippen LogP contribution in [0.3, 0.4) is 0 Å². The number of piperidine rings is 1. The summed E-state index contributed by atoms with van der Waals surface area (Å²) in [6.45, 7) is 8.86. The first-order valence-corrected chi connectivity index (χ1v) is 14.7. The van der Waals surface area contributed by atoms with Gasteiger partial charge < -0.3 is 25.2 Å². The summed E-state index contributed by atoms with van der Waals surface area (Å²) in [6.07, 6.45) is 2.16. The summed E-state index contributed by atoms with van der Waals surface area (Å²) in [5.41, 5.74) is 4.04. The van der Waals surface area contributed by atoms with Crippen molar-refractivity contribution in [1.29, 1.82) is 0 Å². The van der Waals surface area contributed by atoms with Crippen LogP contribution in [0.25, 0.3) is 10.9 Å². The van der Waals surface area contributed by atoms with E-state index in [0.29, 0.717) is 0 Å². The summed E-state index contributed by atoms with van der Waals surface area (Å²) in [7, 11) is 3.82. The van der Waals surface area contributed by atoms with Crippen LogP contribution in [0.5, 0.6) is 5.75 Å². The normalized spacial score (nSPS) is 17.0. The van der Waals surface area contributed by atoms with E-state index in [9.17, 15) is 9.59 Å². The number of amides is 2. The van der Waals surface area contributed by atoms with E-state index >= 15 is 0 Å². The molecule has 5 rings (SSSR count). The summed E-state index contributed by atoms with van der Waals surface area (Å²) in [5.74, 6) is 1.65. The van der Waals surface area contributed by atoms with E-state index in [0.717, 1.165) is 92.4 Å². The zero-order chi connectivity index (χ0) is 28.8. The van der Waals surface area contributed by atoms with Gasteiger partial charge in [0.15, 0.2) is 0 Å². The minimum atomic E-state index is -0.159. The molecule has 1 aromatic heterocycles. The van der Waals surface area contributed by atoms with Gasteiger partial charge in [0.25, 0.3) is 0 Å². The number of benzene rings is 2. The fourth-order valence-electron chi connectivity index (χ4n) is 5.63. The molecule has 2 saturated heterocycles. The second-order valence-electron chi connectivity index (χ2n) is 11.3. The molecule has 2 N–H and O–H groups in total. The van der Waals surface area contributed by atoms with Crippen molar-refractivity contribution in [2.75, 3.05) is 63.6 Å². The van der Waals surface area contributed by atoms with E-state index in [4.69, 9.17) is 9.72 Å². The largest absolute Gasteiger partial charge is 0.497 e. The van der Waals surface area contributed by atoms with E-state index in [-0.39, 0.29) is 30.7 Å². The number of nitrogens with one attached hydrogen (secondary N) is 2. The Bertz CT molecular complexity index is 1350. The number of methoxy groups -OCH3 is 1. The number of fused-ring (bicyclic) bond motifs is 1. The number of carbonyl (C=O) groups excluding carboxylic acids is 2. The van der Waals surface area contributed by atoms with Crippen molar-refractivity contribution in [2.24, 2.45) is 0 Å². The number of rotatable bonds is 9. The molecule has 0 aliphatic carbocycles. The van der Waals surface area contributed by atoms with E-state index in [1.807, 2.05) is 30.3 Å². The number of likely N-dealkylation sites (N-methyl/N-ethyl adjacent to an activating group) is 1. The van der Waals surface area contributed by atoms with Gasteiger partial charge in [0.05, 0.1) is 12.6 Å². The van der Waals surface area contributed by atoms with Crippen LogP contribution in [0, 0.1) is 6.92 Å². The van der Waals surface area contributed by atoms with Gasteiger partial charge in [0.2, 0.25) is 11.8 Å². The fourth-order valence-corrected chi connectivity index (χ4v) is 5.63. The van der Waals surface area contributed by atoms with Crippen LogP contribution in [0.1, 0.15) is 36.8 Å². The molecular weight excluding hydrogens is 516 g/mol. The molecule has 2 aromatic carbocycles. The third-order valence-corrected chi connectivity index (χ3v) is 8.21. The first-order valence-electron chi connectivity index (χ1n) is 14.7. The molecule has 0 unspecified atom stereocenters. The lowest BCUT2D eigenvalue weighted by atomic mass is 10.0. The van der Waals surface area contributed by atoms with Gasteiger partial charge in [-0.2, -0.15) is 0 Å². The number of hydrogen-bond acceptors (Lipinski definition) is 7. The summed E-state index contributed by atoms with van der Waals surface area (Å²) >= 11 is 0. The van der Waals surface area contributed by atoms with Crippen LogP contribution in [0.15, 0.2) is 48.5 Å². The van der Waals surface area contributed by atoms with E-state index in [2.05, 4.69) is 57.5 Å². The highest BCUT2D eigenvalue weighted by atomic mass is 16.5. The van der Waals surface area contributed by atoms with E-state index < -0.39 is 0 Å². The Morgan fingerprint density at radius 3 is 2.34 bits per heavy atom. The van der Waals surface area contributed by atoms with Gasteiger partial charge in [-0.15, -0.1) is 0 Å². The Morgan fingerprint density at radius 1 is 0.927 bits per heavy atom. The molecule has 2 aliphatic rings. The Hall–Kier alpha value is -3.69. The van der Waals surface area contributed by atoms with Crippen LogP contribution in [-0.2, 0) is 16.1 Å². The summed E-state index contributed by atoms with van der Waals surface area (Å²) in [5, 5.41) is 7.11. The number of pyridine rings is 1. The zero-order valence-corrected chi connectivity index (χ0v) is 24.5. The lowest BCUT2D eigenvalue weighted by Gasteiger charge is -2.33. The van der Waals surface area contributed by atoms with Crippen LogP contribution >= 0.6 is 0 Å². The molecule has 3 aromatic rings. The number of piperazine rings is 1. The highest BCUT2D eigenvalue weighted by Gasteiger charge is 2.21. The number of aryl methyl sites for hydroxylation is 1. The van der Waals surface area contributed by atoms with E-state index in [1.54, 1.807) is 7.11 Å². The molecule has 0 spiro atoms. The number of nitrogens with zero attached hydrogens (tertiary/aromatic N) is 4. The number of aromatic nitrogens is 1. The van der Waals surface area contributed by atoms with Gasteiger partial charge in [0.1, 0.15) is 11.6 Å². The van der Waals surface area contributed by atoms with Gasteiger partial charge >= 0.3 is 0 Å². The highest BCUT2D eigenvalue weighted by molar-refractivity contribution is 5.96. The quantitative estimate of drug-likeness (QED) is 0.413. The summed E-state index contributed by atoms with van der Waals surface area (Å²) < 4.78 is 5.23. The fraction of sp³-hybridized carbons (Fsp3) is 0.469. The zero-order valence-electron chi connectivity index (χ0n) is 24.5. The monoisotopic (exact) mass is 558 g/mol. The van der Waals surface area contributed by atoms with Crippen molar-refractivity contribution in [3.05, 3.63) is 59.7 Å². The third-order valence-electron chi connectivity index (χ3n) is 8.21. The highest BCUT2D eigenvalue weighted by Crippen LogP contribution is 2.26. The molecule has 2 amide bonds. The van der Waals surface area contributed by atoms with Crippen molar-refractivity contribution >= 4 is 34.2 Å². The molecule has 0 atom stereocenters. The van der Waals surface area contributed by atoms with Crippen LogP contribution in [0.4, 0.5) is 11.5 Å². The molecule has 0 radical (unpaired) electrons. The second-order valence-corrected chi connectivity index (χ2v) is 11.3. The minimum absolute atomic E-state index is 0.0660. The van der Waals surface area contributed by atoms with E-state index in [1.165, 1.54) is 5.56 Å². The predicted molar refractivity (Wildman–Crippen MR) is 163 cm³/mol. The number of likely N-dealkylation sites (tertiary alicyclic amines) is 1. The number of ether oxygens (including phenoxy) is 1. The van der Waals surface area contributed by atoms with Crippen LogP contribution < -0.4 is 20.3 Å². The predicted octanol–water partition coefficient (Wildman–Crippen LogP) is 3.80. The maximum Gasteiger partial charge on any atom is 0.224 e. The first-order chi connectivity index (χ1) is 19.9. The minimum Gasteiger partial charge on any atom is -0.497 e. The van der Waals surface area contributed by atoms with Crippen molar-refractivity contribution in [1.82, 2.24) is 20.1 Å². The molecule has 9 nitrogen and oxygen atoms in total. The molecule has 218 valence electrons. The maximum absolute atomic E-state index is 12.6. The van der Waals surface area contributed by atoms with Crippen molar-refractivity contribution in [3.8, 4) is 5.75 Å². The van der Waals surface area contributed by atoms with Gasteiger partial charge in [0, 0.05) is 75.8 Å². The number of anilines is 2. The Balaban J connectivity index is 1.05. The van der Waals surface area contributed by atoms with Gasteiger partial charge in [-0.05, 0) is 74.3 Å². The molecule has 0 bridgehead atoms. The summed E-state index contributed by atoms with van der Waals surface area (Å²) in [6, 6.07) is 16.3.